The lowest BCUT2D eigenvalue weighted by molar-refractivity contribution is -0.121. The Bertz CT molecular complexity index is 606. The summed E-state index contributed by atoms with van der Waals surface area (Å²) in [7, 11) is 0. The van der Waals surface area contributed by atoms with Crippen molar-refractivity contribution in [1.82, 2.24) is 10.6 Å². The number of rotatable bonds is 6. The van der Waals surface area contributed by atoms with Gasteiger partial charge in [0.1, 0.15) is 5.76 Å². The topological polar surface area (TPSA) is 71.3 Å². The molecule has 0 saturated carbocycles. The smallest absolute Gasteiger partial charge is 0.251 e. The molecule has 0 aliphatic rings. The first-order valence-corrected chi connectivity index (χ1v) is 6.79. The van der Waals surface area contributed by atoms with Gasteiger partial charge in [0, 0.05) is 18.5 Å². The van der Waals surface area contributed by atoms with Crippen molar-refractivity contribution < 1.29 is 14.0 Å². The molecule has 5 heteroatoms. The first kappa shape index (κ1) is 14.8. The molecular formula is C16H18N2O3. The van der Waals surface area contributed by atoms with Crippen LogP contribution in [0.4, 0.5) is 0 Å². The van der Waals surface area contributed by atoms with E-state index in [4.69, 9.17) is 4.42 Å². The van der Waals surface area contributed by atoms with Crippen LogP contribution in [0, 0.1) is 6.92 Å². The van der Waals surface area contributed by atoms with E-state index in [0.717, 1.165) is 5.56 Å². The molecule has 1 aromatic heterocycles. The van der Waals surface area contributed by atoms with E-state index in [-0.39, 0.29) is 18.2 Å². The van der Waals surface area contributed by atoms with Crippen molar-refractivity contribution in [2.75, 3.05) is 6.54 Å². The maximum absolute atomic E-state index is 11.9. The van der Waals surface area contributed by atoms with Gasteiger partial charge in [-0.2, -0.15) is 0 Å². The summed E-state index contributed by atoms with van der Waals surface area (Å²) in [5.74, 6) is 0.413. The van der Waals surface area contributed by atoms with Gasteiger partial charge in [-0.3, -0.25) is 9.59 Å². The number of amides is 2. The van der Waals surface area contributed by atoms with Crippen molar-refractivity contribution in [2.24, 2.45) is 0 Å². The molecule has 0 fully saturated rings. The number of carbonyl (C=O) groups excluding carboxylic acids is 2. The van der Waals surface area contributed by atoms with E-state index in [9.17, 15) is 9.59 Å². The van der Waals surface area contributed by atoms with Gasteiger partial charge in [-0.05, 0) is 30.7 Å². The fraction of sp³-hybridized carbons (Fsp3) is 0.250. The van der Waals surface area contributed by atoms with E-state index in [2.05, 4.69) is 10.6 Å². The second kappa shape index (κ2) is 7.28. The van der Waals surface area contributed by atoms with E-state index >= 15 is 0 Å². The second-order valence-corrected chi connectivity index (χ2v) is 4.68. The van der Waals surface area contributed by atoms with Gasteiger partial charge in [0.05, 0.1) is 12.8 Å². The van der Waals surface area contributed by atoms with Crippen LogP contribution >= 0.6 is 0 Å². The van der Waals surface area contributed by atoms with Crippen LogP contribution in [0.5, 0.6) is 0 Å². The van der Waals surface area contributed by atoms with Crippen LogP contribution in [0.15, 0.2) is 47.1 Å². The zero-order chi connectivity index (χ0) is 15.1. The van der Waals surface area contributed by atoms with Crippen LogP contribution in [0.1, 0.15) is 28.1 Å². The van der Waals surface area contributed by atoms with Gasteiger partial charge in [0.2, 0.25) is 5.91 Å². The maximum Gasteiger partial charge on any atom is 0.251 e. The normalized spacial score (nSPS) is 10.1. The number of hydrogen-bond acceptors (Lipinski definition) is 3. The largest absolute Gasteiger partial charge is 0.467 e. The molecule has 1 aromatic carbocycles. The molecule has 0 radical (unpaired) electrons. The molecule has 2 rings (SSSR count). The number of furan rings is 1. The van der Waals surface area contributed by atoms with E-state index in [1.165, 1.54) is 0 Å². The minimum Gasteiger partial charge on any atom is -0.467 e. The highest BCUT2D eigenvalue weighted by Gasteiger charge is 2.08. The van der Waals surface area contributed by atoms with Crippen molar-refractivity contribution >= 4 is 11.8 Å². The summed E-state index contributed by atoms with van der Waals surface area (Å²) >= 11 is 0. The van der Waals surface area contributed by atoms with E-state index < -0.39 is 0 Å². The molecule has 2 amide bonds. The average Bonchev–Trinajstić information content (AvgIpc) is 2.99. The molecule has 1 heterocycles. The summed E-state index contributed by atoms with van der Waals surface area (Å²) in [4.78, 5) is 23.6. The lowest BCUT2D eigenvalue weighted by Crippen LogP contribution is -2.30. The van der Waals surface area contributed by atoms with Gasteiger partial charge in [0.15, 0.2) is 0 Å². The second-order valence-electron chi connectivity index (χ2n) is 4.68. The molecule has 0 bridgehead atoms. The Hall–Kier alpha value is -2.56. The van der Waals surface area contributed by atoms with Crippen molar-refractivity contribution in [3.63, 3.8) is 0 Å². The minimum atomic E-state index is -0.160. The third-order valence-electron chi connectivity index (χ3n) is 3.07. The molecule has 0 unspecified atom stereocenters. The van der Waals surface area contributed by atoms with Crippen LogP contribution in [-0.4, -0.2) is 18.4 Å². The fourth-order valence-corrected chi connectivity index (χ4v) is 1.90. The monoisotopic (exact) mass is 286 g/mol. The summed E-state index contributed by atoms with van der Waals surface area (Å²) in [5, 5.41) is 5.47. The zero-order valence-electron chi connectivity index (χ0n) is 11.9. The first-order chi connectivity index (χ1) is 10.2. The summed E-state index contributed by atoms with van der Waals surface area (Å²) in [6, 6.07) is 10.9. The Balaban J connectivity index is 1.70. The van der Waals surface area contributed by atoms with Crippen molar-refractivity contribution in [1.29, 1.82) is 0 Å². The van der Waals surface area contributed by atoms with Gasteiger partial charge in [-0.25, -0.2) is 0 Å². The molecule has 0 aliphatic carbocycles. The predicted molar refractivity (Wildman–Crippen MR) is 78.7 cm³/mol. The SMILES string of the molecule is Cc1ccccc1C(=O)NCCC(=O)NCc1ccco1. The number of carbonyl (C=O) groups is 2. The Morgan fingerprint density at radius 3 is 2.62 bits per heavy atom. The molecule has 0 spiro atoms. The minimum absolute atomic E-state index is 0.128. The Morgan fingerprint density at radius 1 is 1.10 bits per heavy atom. The molecule has 110 valence electrons. The van der Waals surface area contributed by atoms with Gasteiger partial charge < -0.3 is 15.1 Å². The summed E-state index contributed by atoms with van der Waals surface area (Å²) in [6.45, 7) is 2.54. The summed E-state index contributed by atoms with van der Waals surface area (Å²) < 4.78 is 5.11. The molecule has 5 nitrogen and oxygen atoms in total. The Kier molecular flexibility index (Phi) is 5.15. The van der Waals surface area contributed by atoms with Crippen molar-refractivity contribution in [3.8, 4) is 0 Å². The summed E-state index contributed by atoms with van der Waals surface area (Å²) in [5.41, 5.74) is 1.55. The third-order valence-corrected chi connectivity index (χ3v) is 3.07. The molecular weight excluding hydrogens is 268 g/mol. The lowest BCUT2D eigenvalue weighted by Gasteiger charge is -2.07. The van der Waals surface area contributed by atoms with E-state index in [1.807, 2.05) is 25.1 Å². The van der Waals surface area contributed by atoms with Crippen LogP contribution in [0.25, 0.3) is 0 Å². The Morgan fingerprint density at radius 2 is 1.90 bits per heavy atom. The van der Waals surface area contributed by atoms with Gasteiger partial charge in [0.25, 0.3) is 5.91 Å². The standard InChI is InChI=1S/C16H18N2O3/c1-12-5-2-3-7-14(12)16(20)17-9-8-15(19)18-11-13-6-4-10-21-13/h2-7,10H,8-9,11H2,1H3,(H,17,20)(H,18,19). The van der Waals surface area contributed by atoms with Crippen LogP contribution in [0.3, 0.4) is 0 Å². The number of aryl methyl sites for hydroxylation is 1. The summed E-state index contributed by atoms with van der Waals surface area (Å²) in [6.07, 6.45) is 1.79. The quantitative estimate of drug-likeness (QED) is 0.853. The van der Waals surface area contributed by atoms with Crippen LogP contribution in [0.2, 0.25) is 0 Å². The highest BCUT2D eigenvalue weighted by molar-refractivity contribution is 5.95. The first-order valence-electron chi connectivity index (χ1n) is 6.79. The highest BCUT2D eigenvalue weighted by atomic mass is 16.3. The van der Waals surface area contributed by atoms with Gasteiger partial charge >= 0.3 is 0 Å². The van der Waals surface area contributed by atoms with Crippen molar-refractivity contribution in [2.45, 2.75) is 19.9 Å². The third kappa shape index (κ3) is 4.49. The highest BCUT2D eigenvalue weighted by Crippen LogP contribution is 2.06. The molecule has 0 saturated heterocycles. The molecule has 0 atom stereocenters. The molecule has 2 aromatic rings. The lowest BCUT2D eigenvalue weighted by atomic mass is 10.1. The molecule has 21 heavy (non-hydrogen) atoms. The predicted octanol–water partition coefficient (Wildman–Crippen LogP) is 2.02. The number of benzene rings is 1. The molecule has 0 aliphatic heterocycles. The maximum atomic E-state index is 11.9. The van der Waals surface area contributed by atoms with Gasteiger partial charge in [-0.1, -0.05) is 18.2 Å². The zero-order valence-corrected chi connectivity index (χ0v) is 11.9. The van der Waals surface area contributed by atoms with Gasteiger partial charge in [-0.15, -0.1) is 0 Å². The average molecular weight is 286 g/mol. The number of nitrogens with one attached hydrogen (secondary N) is 2. The van der Waals surface area contributed by atoms with Crippen LogP contribution in [-0.2, 0) is 11.3 Å². The molecule has 2 N–H and O–H groups in total. The number of hydrogen-bond donors (Lipinski definition) is 2. The van der Waals surface area contributed by atoms with E-state index in [1.54, 1.807) is 24.5 Å². The van der Waals surface area contributed by atoms with Crippen LogP contribution < -0.4 is 10.6 Å². The van der Waals surface area contributed by atoms with Crippen molar-refractivity contribution in [3.05, 3.63) is 59.5 Å². The Labute approximate surface area is 123 Å². The van der Waals surface area contributed by atoms with E-state index in [0.29, 0.717) is 24.4 Å². The fourth-order valence-electron chi connectivity index (χ4n) is 1.90.